The number of hydrogen-bond acceptors (Lipinski definition) is 4. The minimum absolute atomic E-state index is 0.137. The lowest BCUT2D eigenvalue weighted by molar-refractivity contribution is -0.384. The van der Waals surface area contributed by atoms with E-state index >= 15 is 0 Å². The Morgan fingerprint density at radius 2 is 1.94 bits per heavy atom. The van der Waals surface area contributed by atoms with Crippen molar-refractivity contribution in [1.82, 2.24) is 5.32 Å². The Balaban J connectivity index is 0.000000293. The second kappa shape index (κ2) is 8.18. The first-order valence-corrected chi connectivity index (χ1v) is 4.50. The highest BCUT2D eigenvalue weighted by atomic mass is 16.6. The van der Waals surface area contributed by atoms with Gasteiger partial charge in [-0.1, -0.05) is 18.2 Å². The zero-order valence-corrected chi connectivity index (χ0v) is 8.63. The summed E-state index contributed by atoms with van der Waals surface area (Å²) in [6.45, 7) is 0.887. The minimum atomic E-state index is -0.523. The van der Waals surface area contributed by atoms with Crippen LogP contribution in [0.2, 0.25) is 0 Å². The van der Waals surface area contributed by atoms with Crippen LogP contribution in [0.3, 0.4) is 0 Å². The fourth-order valence-electron chi connectivity index (χ4n) is 0.745. The summed E-state index contributed by atoms with van der Waals surface area (Å²) < 4.78 is 0. The van der Waals surface area contributed by atoms with Crippen molar-refractivity contribution in [3.05, 3.63) is 40.4 Å². The van der Waals surface area contributed by atoms with Crippen LogP contribution in [0.5, 0.6) is 0 Å². The molecular weight excluding hydrogens is 212 g/mol. The van der Waals surface area contributed by atoms with Gasteiger partial charge in [0.05, 0.1) is 4.92 Å². The summed E-state index contributed by atoms with van der Waals surface area (Å²) in [5.74, 6) is 0. The van der Waals surface area contributed by atoms with Gasteiger partial charge in [-0.3, -0.25) is 10.1 Å². The monoisotopic (exact) mass is 226 g/mol. The van der Waals surface area contributed by atoms with E-state index in [0.717, 1.165) is 0 Å². The second-order valence-electron chi connectivity index (χ2n) is 2.67. The number of benzene rings is 1. The number of carbonyl (C=O) groups is 1. The van der Waals surface area contributed by atoms with Crippen LogP contribution >= 0.6 is 0 Å². The largest absolute Gasteiger partial charge is 0.352 e. The number of amides is 2. The number of hydrogen-bond donors (Lipinski definition) is 3. The lowest BCUT2D eigenvalue weighted by Gasteiger charge is -1.93. The standard InChI is InChI=1S/C6H5NO2.C3H9N3O/c8-7(9)6-4-2-1-3-5-6;4-1-2-6-3(5)7/h1-5H;1-2,4H2,(H3,5,6,7). The maximum atomic E-state index is 10.0. The van der Waals surface area contributed by atoms with Gasteiger partial charge in [0.15, 0.2) is 0 Å². The molecule has 0 bridgehead atoms. The number of nitrogens with two attached hydrogens (primary N) is 2. The van der Waals surface area contributed by atoms with Crippen LogP contribution in [0.15, 0.2) is 30.3 Å². The van der Waals surface area contributed by atoms with Gasteiger partial charge < -0.3 is 16.8 Å². The number of primary amides is 1. The van der Waals surface area contributed by atoms with Crippen molar-refractivity contribution in [3.8, 4) is 0 Å². The molecule has 0 aromatic heterocycles. The molecule has 0 radical (unpaired) electrons. The molecule has 7 nitrogen and oxygen atoms in total. The molecule has 1 rings (SSSR count). The van der Waals surface area contributed by atoms with Crippen LogP contribution in [-0.4, -0.2) is 24.0 Å². The summed E-state index contributed by atoms with van der Waals surface area (Å²) in [7, 11) is 0. The van der Waals surface area contributed by atoms with E-state index in [0.29, 0.717) is 13.1 Å². The summed E-state index contributed by atoms with van der Waals surface area (Å²) in [6, 6.07) is 7.41. The Morgan fingerprint density at radius 1 is 1.38 bits per heavy atom. The van der Waals surface area contributed by atoms with Crippen molar-refractivity contribution in [1.29, 1.82) is 0 Å². The number of nitrogens with zero attached hydrogens (tertiary/aromatic N) is 1. The quantitative estimate of drug-likeness (QED) is 0.503. The lowest BCUT2D eigenvalue weighted by atomic mass is 10.3. The van der Waals surface area contributed by atoms with E-state index in [1.165, 1.54) is 12.1 Å². The van der Waals surface area contributed by atoms with Crippen molar-refractivity contribution >= 4 is 11.7 Å². The SMILES string of the molecule is NCCNC(N)=O.O=[N+]([O-])c1ccccc1. The molecule has 0 spiro atoms. The predicted octanol–water partition coefficient (Wildman–Crippen LogP) is 0.208. The third kappa shape index (κ3) is 7.27. The molecule has 88 valence electrons. The fourth-order valence-corrected chi connectivity index (χ4v) is 0.745. The van der Waals surface area contributed by atoms with Gasteiger partial charge in [0, 0.05) is 25.2 Å². The Morgan fingerprint density at radius 3 is 2.19 bits per heavy atom. The molecule has 0 saturated carbocycles. The topological polar surface area (TPSA) is 124 Å². The molecule has 16 heavy (non-hydrogen) atoms. The minimum Gasteiger partial charge on any atom is -0.352 e. The van der Waals surface area contributed by atoms with E-state index in [1.54, 1.807) is 18.2 Å². The molecule has 0 aliphatic carbocycles. The number of carbonyl (C=O) groups excluding carboxylic acids is 1. The maximum absolute atomic E-state index is 10.0. The van der Waals surface area contributed by atoms with Gasteiger partial charge in [-0.2, -0.15) is 0 Å². The van der Waals surface area contributed by atoms with Crippen molar-refractivity contribution in [2.75, 3.05) is 13.1 Å². The van der Waals surface area contributed by atoms with E-state index in [1.807, 2.05) is 0 Å². The maximum Gasteiger partial charge on any atom is 0.312 e. The summed E-state index contributed by atoms with van der Waals surface area (Å²) >= 11 is 0. The average Bonchev–Trinajstić information content (AvgIpc) is 2.28. The van der Waals surface area contributed by atoms with Gasteiger partial charge in [-0.25, -0.2) is 4.79 Å². The first kappa shape index (κ1) is 13.8. The zero-order valence-electron chi connectivity index (χ0n) is 8.63. The van der Waals surface area contributed by atoms with Crippen LogP contribution in [0.1, 0.15) is 0 Å². The van der Waals surface area contributed by atoms with Crippen LogP contribution in [0.25, 0.3) is 0 Å². The number of nitrogens with one attached hydrogen (secondary N) is 1. The Kier molecular flexibility index (Phi) is 7.08. The molecule has 0 unspecified atom stereocenters. The zero-order chi connectivity index (χ0) is 12.4. The summed E-state index contributed by atoms with van der Waals surface area (Å²) in [5.41, 5.74) is 9.82. The van der Waals surface area contributed by atoms with Crippen LogP contribution < -0.4 is 16.8 Å². The highest BCUT2D eigenvalue weighted by Gasteiger charge is 1.98. The molecule has 0 saturated heterocycles. The van der Waals surface area contributed by atoms with Crippen LogP contribution in [-0.2, 0) is 0 Å². The molecule has 1 aromatic carbocycles. The third-order valence-electron chi connectivity index (χ3n) is 1.41. The van der Waals surface area contributed by atoms with Crippen LogP contribution in [0, 0.1) is 10.1 Å². The molecule has 0 fully saturated rings. The molecule has 0 aliphatic heterocycles. The number of rotatable bonds is 3. The molecule has 1 aromatic rings. The number of para-hydroxylation sites is 1. The number of non-ortho nitro benzene ring substituents is 1. The number of nitro benzene ring substituents is 1. The first-order valence-electron chi connectivity index (χ1n) is 4.50. The van der Waals surface area contributed by atoms with Gasteiger partial charge >= 0.3 is 6.03 Å². The fraction of sp³-hybridized carbons (Fsp3) is 0.222. The Labute approximate surface area is 92.6 Å². The highest BCUT2D eigenvalue weighted by Crippen LogP contribution is 2.06. The van der Waals surface area contributed by atoms with E-state index < -0.39 is 11.0 Å². The first-order chi connectivity index (χ1) is 7.57. The van der Waals surface area contributed by atoms with E-state index in [4.69, 9.17) is 5.73 Å². The molecule has 0 atom stereocenters. The van der Waals surface area contributed by atoms with Gasteiger partial charge in [-0.15, -0.1) is 0 Å². The normalized spacial score (nSPS) is 8.56. The van der Waals surface area contributed by atoms with Gasteiger partial charge in [-0.05, 0) is 0 Å². The van der Waals surface area contributed by atoms with E-state index in [-0.39, 0.29) is 5.69 Å². The summed E-state index contributed by atoms with van der Waals surface area (Å²) in [5, 5.41) is 12.3. The molecule has 5 N–H and O–H groups in total. The van der Waals surface area contributed by atoms with Gasteiger partial charge in [0.1, 0.15) is 0 Å². The molecular formula is C9H14N4O3. The van der Waals surface area contributed by atoms with Crippen molar-refractivity contribution in [3.63, 3.8) is 0 Å². The smallest absolute Gasteiger partial charge is 0.312 e. The summed E-state index contributed by atoms with van der Waals surface area (Å²) in [6.07, 6.45) is 0. The molecule has 2 amide bonds. The lowest BCUT2D eigenvalue weighted by Crippen LogP contribution is -2.33. The van der Waals surface area contributed by atoms with Gasteiger partial charge in [0.2, 0.25) is 0 Å². The van der Waals surface area contributed by atoms with Crippen molar-refractivity contribution in [2.45, 2.75) is 0 Å². The Bertz CT molecular complexity index is 329. The number of urea groups is 1. The average molecular weight is 226 g/mol. The molecule has 7 heteroatoms. The van der Waals surface area contributed by atoms with E-state index in [9.17, 15) is 14.9 Å². The van der Waals surface area contributed by atoms with E-state index in [2.05, 4.69) is 11.1 Å². The molecule has 0 aliphatic rings. The van der Waals surface area contributed by atoms with Crippen LogP contribution in [0.4, 0.5) is 10.5 Å². The second-order valence-corrected chi connectivity index (χ2v) is 2.67. The predicted molar refractivity (Wildman–Crippen MR) is 59.7 cm³/mol. The molecule has 0 heterocycles. The number of nitro groups is 1. The van der Waals surface area contributed by atoms with Crippen molar-refractivity contribution < 1.29 is 9.72 Å². The third-order valence-corrected chi connectivity index (χ3v) is 1.41. The highest BCUT2D eigenvalue weighted by molar-refractivity contribution is 5.71. The van der Waals surface area contributed by atoms with Crippen molar-refractivity contribution in [2.24, 2.45) is 11.5 Å². The Hall–Kier alpha value is -2.15. The van der Waals surface area contributed by atoms with Gasteiger partial charge in [0.25, 0.3) is 5.69 Å². The summed E-state index contributed by atoms with van der Waals surface area (Å²) in [4.78, 5) is 19.4.